The number of rotatable bonds is 5. The number of benzene rings is 1. The fourth-order valence-corrected chi connectivity index (χ4v) is 3.12. The monoisotopic (exact) mass is 276 g/mol. The summed E-state index contributed by atoms with van der Waals surface area (Å²) < 4.78 is 5.74. The molecular weight excluding hydrogens is 248 g/mol. The van der Waals surface area contributed by atoms with E-state index in [1.807, 2.05) is 0 Å². The van der Waals surface area contributed by atoms with Crippen LogP contribution in [-0.4, -0.2) is 37.7 Å². The van der Waals surface area contributed by atoms with Gasteiger partial charge in [0.2, 0.25) is 0 Å². The summed E-state index contributed by atoms with van der Waals surface area (Å²) in [6.45, 7) is 9.05. The Bertz CT molecular complexity index is 453. The summed E-state index contributed by atoms with van der Waals surface area (Å²) in [4.78, 5) is 2.35. The number of nitrogens with two attached hydrogens (primary N) is 1. The molecule has 0 aromatic heterocycles. The maximum atomic E-state index is 6.05. The molecular formula is C17H28N2O. The van der Waals surface area contributed by atoms with Crippen LogP contribution in [0.2, 0.25) is 0 Å². The fourth-order valence-electron chi connectivity index (χ4n) is 3.12. The summed E-state index contributed by atoms with van der Waals surface area (Å²) in [6.07, 6.45) is 2.74. The van der Waals surface area contributed by atoms with Crippen molar-refractivity contribution in [2.75, 3.05) is 26.7 Å². The number of hydrogen-bond acceptors (Lipinski definition) is 3. The molecule has 1 fully saturated rings. The van der Waals surface area contributed by atoms with Gasteiger partial charge in [-0.2, -0.15) is 0 Å². The van der Waals surface area contributed by atoms with E-state index >= 15 is 0 Å². The van der Waals surface area contributed by atoms with Gasteiger partial charge >= 0.3 is 0 Å². The highest BCUT2D eigenvalue weighted by Gasteiger charge is 2.23. The van der Waals surface area contributed by atoms with Gasteiger partial charge in [-0.15, -0.1) is 0 Å². The van der Waals surface area contributed by atoms with E-state index in [1.165, 1.54) is 35.1 Å². The lowest BCUT2D eigenvalue weighted by molar-refractivity contribution is 0.0688. The summed E-state index contributed by atoms with van der Waals surface area (Å²) >= 11 is 0. The Balaban J connectivity index is 2.16. The molecule has 0 aliphatic carbocycles. The Morgan fingerprint density at radius 2 is 1.95 bits per heavy atom. The van der Waals surface area contributed by atoms with Crippen LogP contribution in [0.5, 0.6) is 0 Å². The summed E-state index contributed by atoms with van der Waals surface area (Å²) in [5, 5.41) is 0. The Morgan fingerprint density at radius 1 is 1.25 bits per heavy atom. The smallest absolute Gasteiger partial charge is 0.0702 e. The van der Waals surface area contributed by atoms with Gasteiger partial charge in [-0.1, -0.05) is 12.1 Å². The molecule has 1 saturated heterocycles. The van der Waals surface area contributed by atoms with E-state index in [-0.39, 0.29) is 6.04 Å². The molecule has 2 rings (SSSR count). The number of hydrogen-bond donors (Lipinski definition) is 1. The summed E-state index contributed by atoms with van der Waals surface area (Å²) in [6, 6.07) is 4.85. The normalized spacial score (nSPS) is 20.6. The topological polar surface area (TPSA) is 38.5 Å². The minimum absolute atomic E-state index is 0.276. The predicted molar refractivity (Wildman–Crippen MR) is 84.1 cm³/mol. The SMILES string of the molecule is Cc1cc(C)c(C(CN)N(C)CC2CCCO2)cc1C. The van der Waals surface area contributed by atoms with Crippen molar-refractivity contribution in [2.45, 2.75) is 45.8 Å². The Hall–Kier alpha value is -0.900. The highest BCUT2D eigenvalue weighted by Crippen LogP contribution is 2.26. The van der Waals surface area contributed by atoms with Crippen molar-refractivity contribution in [3.05, 3.63) is 34.4 Å². The van der Waals surface area contributed by atoms with Gasteiger partial charge in [0.15, 0.2) is 0 Å². The first kappa shape index (κ1) is 15.5. The van der Waals surface area contributed by atoms with E-state index < -0.39 is 0 Å². The molecule has 1 heterocycles. The second-order valence-electron chi connectivity index (χ2n) is 6.12. The molecule has 1 aliphatic heterocycles. The molecule has 0 saturated carbocycles. The third kappa shape index (κ3) is 3.40. The van der Waals surface area contributed by atoms with Crippen LogP contribution in [0.25, 0.3) is 0 Å². The quantitative estimate of drug-likeness (QED) is 0.898. The molecule has 3 nitrogen and oxygen atoms in total. The van der Waals surface area contributed by atoms with Gasteiger partial charge in [0.1, 0.15) is 0 Å². The van der Waals surface area contributed by atoms with Crippen molar-refractivity contribution in [1.82, 2.24) is 4.90 Å². The van der Waals surface area contributed by atoms with Crippen molar-refractivity contribution in [3.8, 4) is 0 Å². The first-order chi connectivity index (χ1) is 9.52. The molecule has 2 N–H and O–H groups in total. The highest BCUT2D eigenvalue weighted by molar-refractivity contribution is 5.38. The predicted octanol–water partition coefficient (Wildman–Crippen LogP) is 2.72. The number of ether oxygens (including phenoxy) is 1. The number of likely N-dealkylation sites (N-methyl/N-ethyl adjacent to an activating group) is 1. The lowest BCUT2D eigenvalue weighted by atomic mass is 9.95. The van der Waals surface area contributed by atoms with E-state index in [0.29, 0.717) is 12.6 Å². The molecule has 112 valence electrons. The van der Waals surface area contributed by atoms with Crippen LogP contribution in [0.4, 0.5) is 0 Å². The molecule has 20 heavy (non-hydrogen) atoms. The molecule has 0 amide bonds. The first-order valence-electron chi connectivity index (χ1n) is 7.62. The van der Waals surface area contributed by atoms with Crippen LogP contribution in [-0.2, 0) is 4.74 Å². The van der Waals surface area contributed by atoms with E-state index in [0.717, 1.165) is 13.2 Å². The maximum Gasteiger partial charge on any atom is 0.0702 e. The van der Waals surface area contributed by atoms with Crippen molar-refractivity contribution in [3.63, 3.8) is 0 Å². The van der Waals surface area contributed by atoms with Gasteiger partial charge in [-0.25, -0.2) is 0 Å². The lowest BCUT2D eigenvalue weighted by Gasteiger charge is -2.31. The van der Waals surface area contributed by atoms with Crippen molar-refractivity contribution >= 4 is 0 Å². The molecule has 1 aliphatic rings. The second kappa shape index (κ2) is 6.70. The van der Waals surface area contributed by atoms with E-state index in [2.05, 4.69) is 44.9 Å². The Morgan fingerprint density at radius 3 is 2.55 bits per heavy atom. The average Bonchev–Trinajstić information content (AvgIpc) is 2.89. The number of aryl methyl sites for hydroxylation is 3. The van der Waals surface area contributed by atoms with Crippen molar-refractivity contribution < 1.29 is 4.74 Å². The van der Waals surface area contributed by atoms with Gasteiger partial charge in [0.05, 0.1) is 6.10 Å². The van der Waals surface area contributed by atoms with Gasteiger partial charge in [-0.05, 0) is 62.9 Å². The van der Waals surface area contributed by atoms with Crippen LogP contribution < -0.4 is 5.73 Å². The molecule has 1 aromatic rings. The van der Waals surface area contributed by atoms with Gasteiger partial charge in [-0.3, -0.25) is 4.90 Å². The average molecular weight is 276 g/mol. The van der Waals surface area contributed by atoms with Gasteiger partial charge in [0.25, 0.3) is 0 Å². The first-order valence-corrected chi connectivity index (χ1v) is 7.62. The van der Waals surface area contributed by atoms with Gasteiger partial charge in [0, 0.05) is 25.7 Å². The molecule has 3 heteroatoms. The zero-order chi connectivity index (χ0) is 14.7. The highest BCUT2D eigenvalue weighted by atomic mass is 16.5. The summed E-state index contributed by atoms with van der Waals surface area (Å²) in [5.74, 6) is 0. The maximum absolute atomic E-state index is 6.05. The Labute approximate surface area is 123 Å². The van der Waals surface area contributed by atoms with Crippen LogP contribution in [0.1, 0.15) is 41.1 Å². The van der Waals surface area contributed by atoms with E-state index in [4.69, 9.17) is 10.5 Å². The van der Waals surface area contributed by atoms with Crippen LogP contribution in [0.3, 0.4) is 0 Å². The summed E-state index contributed by atoms with van der Waals surface area (Å²) in [7, 11) is 2.16. The third-order valence-electron chi connectivity index (χ3n) is 4.51. The fraction of sp³-hybridized carbons (Fsp3) is 0.647. The number of nitrogens with zero attached hydrogens (tertiary/aromatic N) is 1. The lowest BCUT2D eigenvalue weighted by Crippen LogP contribution is -2.36. The van der Waals surface area contributed by atoms with E-state index in [1.54, 1.807) is 0 Å². The second-order valence-corrected chi connectivity index (χ2v) is 6.12. The standard InChI is InChI=1S/C17H28N2O/c1-12-8-14(3)16(9-13(12)2)17(10-18)19(4)11-15-6-5-7-20-15/h8-9,15,17H,5-7,10-11,18H2,1-4H3. The Kier molecular flexibility index (Phi) is 5.19. The molecule has 0 bridgehead atoms. The molecule has 2 atom stereocenters. The van der Waals surface area contributed by atoms with Crippen LogP contribution in [0.15, 0.2) is 12.1 Å². The third-order valence-corrected chi connectivity index (χ3v) is 4.51. The van der Waals surface area contributed by atoms with Crippen LogP contribution in [0, 0.1) is 20.8 Å². The molecule has 0 spiro atoms. The minimum atomic E-state index is 0.276. The van der Waals surface area contributed by atoms with E-state index in [9.17, 15) is 0 Å². The minimum Gasteiger partial charge on any atom is -0.377 e. The molecule has 1 aromatic carbocycles. The van der Waals surface area contributed by atoms with Crippen molar-refractivity contribution in [1.29, 1.82) is 0 Å². The van der Waals surface area contributed by atoms with Crippen molar-refractivity contribution in [2.24, 2.45) is 5.73 Å². The largest absolute Gasteiger partial charge is 0.377 e. The van der Waals surface area contributed by atoms with Gasteiger partial charge < -0.3 is 10.5 Å². The zero-order valence-electron chi connectivity index (χ0n) is 13.3. The molecule has 0 radical (unpaired) electrons. The summed E-state index contributed by atoms with van der Waals surface area (Å²) in [5.41, 5.74) is 11.4. The zero-order valence-corrected chi connectivity index (χ0v) is 13.3. The van der Waals surface area contributed by atoms with Crippen LogP contribution >= 0.6 is 0 Å². The molecule has 2 unspecified atom stereocenters.